The van der Waals surface area contributed by atoms with Crippen molar-refractivity contribution in [2.24, 2.45) is 18.9 Å². The molecule has 9 heteroatoms. The third-order valence-electron chi connectivity index (χ3n) is 8.40. The number of aromatic nitrogens is 2. The summed E-state index contributed by atoms with van der Waals surface area (Å²) in [7, 11) is 1.89. The van der Waals surface area contributed by atoms with Crippen LogP contribution in [-0.4, -0.2) is 40.0 Å². The van der Waals surface area contributed by atoms with Gasteiger partial charge in [0.15, 0.2) is 0 Å². The predicted molar refractivity (Wildman–Crippen MR) is 146 cm³/mol. The Bertz CT molecular complexity index is 1540. The van der Waals surface area contributed by atoms with Crippen molar-refractivity contribution in [2.75, 3.05) is 18.0 Å². The molecule has 38 heavy (non-hydrogen) atoms. The molecule has 2 bridgehead atoms. The van der Waals surface area contributed by atoms with E-state index in [0.29, 0.717) is 51.2 Å². The number of anilines is 1. The smallest absolute Gasteiger partial charge is 0.337 e. The number of hydrogen-bond acceptors (Lipinski definition) is 5. The number of aryl methyl sites for hydroxylation is 1. The fraction of sp³-hybridized carbons (Fsp3) is 0.379. The lowest BCUT2D eigenvalue weighted by Gasteiger charge is -2.53. The van der Waals surface area contributed by atoms with Crippen LogP contribution in [0.3, 0.4) is 0 Å². The van der Waals surface area contributed by atoms with E-state index < -0.39 is 5.97 Å². The molecule has 2 aromatic heterocycles. The molecule has 0 amide bonds. The van der Waals surface area contributed by atoms with Gasteiger partial charge in [-0.05, 0) is 49.6 Å². The summed E-state index contributed by atoms with van der Waals surface area (Å²) in [4.78, 5) is 14.0. The third kappa shape index (κ3) is 3.91. The Balaban J connectivity index is 1.09. The summed E-state index contributed by atoms with van der Waals surface area (Å²) < 4.78 is 14.3. The summed E-state index contributed by atoms with van der Waals surface area (Å²) in [5.41, 5.74) is 4.73. The van der Waals surface area contributed by atoms with Crippen LogP contribution in [0.5, 0.6) is 0 Å². The lowest BCUT2D eigenvalue weighted by Crippen LogP contribution is -2.59. The highest BCUT2D eigenvalue weighted by molar-refractivity contribution is 6.39. The highest BCUT2D eigenvalue weighted by Crippen LogP contribution is 2.48. The average Bonchev–Trinajstić information content (AvgIpc) is 3.58. The highest BCUT2D eigenvalue weighted by Gasteiger charge is 2.48. The molecule has 7 nitrogen and oxygen atoms in total. The molecule has 8 rings (SSSR count). The number of carbonyl (C=O) groups is 1. The normalized spacial score (nSPS) is 22.6. The van der Waals surface area contributed by atoms with E-state index in [1.165, 1.54) is 0 Å². The van der Waals surface area contributed by atoms with Gasteiger partial charge in [0.25, 0.3) is 0 Å². The first-order valence-corrected chi connectivity index (χ1v) is 13.8. The second-order valence-electron chi connectivity index (χ2n) is 10.8. The molecule has 0 spiro atoms. The largest absolute Gasteiger partial charge is 0.478 e. The van der Waals surface area contributed by atoms with Crippen LogP contribution >= 0.6 is 23.2 Å². The monoisotopic (exact) mass is 551 g/mol. The second kappa shape index (κ2) is 9.04. The summed E-state index contributed by atoms with van der Waals surface area (Å²) in [6.45, 7) is 2.24. The minimum absolute atomic E-state index is 0.181. The molecule has 2 aliphatic carbocycles. The summed E-state index contributed by atoms with van der Waals surface area (Å²) >= 11 is 13.0. The number of carboxylic acid groups (broad SMARTS) is 1. The quantitative estimate of drug-likeness (QED) is 0.273. The van der Waals surface area contributed by atoms with Crippen LogP contribution in [0.25, 0.3) is 22.2 Å². The predicted octanol–water partition coefficient (Wildman–Crippen LogP) is 6.76. The van der Waals surface area contributed by atoms with Crippen LogP contribution in [0, 0.1) is 11.8 Å². The van der Waals surface area contributed by atoms with E-state index in [9.17, 15) is 9.90 Å². The lowest BCUT2D eigenvalue weighted by atomic mass is 9.68. The Kier molecular flexibility index (Phi) is 5.73. The van der Waals surface area contributed by atoms with Gasteiger partial charge in [0, 0.05) is 66.3 Å². The van der Waals surface area contributed by atoms with E-state index in [1.807, 2.05) is 41.9 Å². The fourth-order valence-corrected chi connectivity index (χ4v) is 6.87. The topological polar surface area (TPSA) is 80.7 Å². The van der Waals surface area contributed by atoms with Crippen LogP contribution in [0.4, 0.5) is 5.69 Å². The van der Waals surface area contributed by atoms with Gasteiger partial charge < -0.3 is 23.8 Å². The van der Waals surface area contributed by atoms with Gasteiger partial charge in [0.1, 0.15) is 11.5 Å². The summed E-state index contributed by atoms with van der Waals surface area (Å²) in [5.74, 6) is 1.26. The second-order valence-corrected chi connectivity index (χ2v) is 11.7. The zero-order valence-electron chi connectivity index (χ0n) is 20.9. The Morgan fingerprint density at radius 2 is 1.89 bits per heavy atom. The minimum Gasteiger partial charge on any atom is -0.478 e. The lowest BCUT2D eigenvalue weighted by molar-refractivity contribution is -0.111. The van der Waals surface area contributed by atoms with Crippen molar-refractivity contribution >= 4 is 45.8 Å². The first-order chi connectivity index (χ1) is 18.4. The maximum absolute atomic E-state index is 11.6. The van der Waals surface area contributed by atoms with Gasteiger partial charge in [0.2, 0.25) is 0 Å². The Hall–Kier alpha value is -3.00. The first-order valence-electron chi connectivity index (χ1n) is 13.0. The number of carboxylic acids is 1. The van der Waals surface area contributed by atoms with Gasteiger partial charge in [-0.1, -0.05) is 34.4 Å². The molecule has 2 atom stereocenters. The van der Waals surface area contributed by atoms with E-state index >= 15 is 0 Å². The van der Waals surface area contributed by atoms with E-state index in [2.05, 4.69) is 16.1 Å². The zero-order valence-corrected chi connectivity index (χ0v) is 22.4. The van der Waals surface area contributed by atoms with E-state index in [-0.39, 0.29) is 6.10 Å². The number of hydrogen-bond donors (Lipinski definition) is 1. The Morgan fingerprint density at radius 3 is 2.58 bits per heavy atom. The molecule has 196 valence electrons. The molecule has 2 aromatic carbocycles. The van der Waals surface area contributed by atoms with Crippen LogP contribution < -0.4 is 4.90 Å². The summed E-state index contributed by atoms with van der Waals surface area (Å²) in [5, 5.41) is 15.8. The van der Waals surface area contributed by atoms with Crippen molar-refractivity contribution in [3.63, 3.8) is 0 Å². The maximum Gasteiger partial charge on any atom is 0.337 e. The SMILES string of the molecule is Cn1cc(C(=O)O)c2ccc(N3CC4CC(C3)C4OCc3c(-c4c(Cl)cccc4Cl)noc3C3CC3)cc21. The number of benzene rings is 2. The molecule has 0 radical (unpaired) electrons. The summed E-state index contributed by atoms with van der Waals surface area (Å²) in [6, 6.07) is 11.5. The standard InChI is InChI=1S/C29H27Cl2N3O4/c1-33-13-20(29(35)36)19-8-7-18(10-24(19)33)34-11-16-9-17(12-34)27(16)37-14-21-26(32-38-28(21)15-5-6-15)25-22(30)3-2-4-23(25)31/h2-4,7-8,10,13,15-17,27H,5-6,9,11-12,14H2,1H3,(H,35,36). The molecule has 2 unspecified atom stereocenters. The van der Waals surface area contributed by atoms with Crippen LogP contribution in [0.2, 0.25) is 10.0 Å². The van der Waals surface area contributed by atoms with Crippen LogP contribution in [0.1, 0.15) is 46.9 Å². The van der Waals surface area contributed by atoms with E-state index in [4.69, 9.17) is 32.5 Å². The number of rotatable bonds is 7. The number of halogens is 2. The van der Waals surface area contributed by atoms with Crippen molar-refractivity contribution in [1.29, 1.82) is 0 Å². The summed E-state index contributed by atoms with van der Waals surface area (Å²) in [6.07, 6.45) is 5.21. The Morgan fingerprint density at radius 1 is 1.16 bits per heavy atom. The average molecular weight is 552 g/mol. The number of nitrogens with zero attached hydrogens (tertiary/aromatic N) is 3. The molecule has 1 N–H and O–H groups in total. The van der Waals surface area contributed by atoms with Crippen molar-refractivity contribution in [3.05, 3.63) is 69.5 Å². The first kappa shape index (κ1) is 24.1. The molecule has 4 aromatic rings. The molecular formula is C29H27Cl2N3O4. The minimum atomic E-state index is -0.903. The molecule has 2 saturated heterocycles. The zero-order chi connectivity index (χ0) is 26.1. The maximum atomic E-state index is 11.6. The van der Waals surface area contributed by atoms with Gasteiger partial charge in [-0.3, -0.25) is 0 Å². The van der Waals surface area contributed by atoms with E-state index in [1.54, 1.807) is 6.20 Å². The molecule has 4 fully saturated rings. The number of ether oxygens (including phenoxy) is 1. The number of aromatic carboxylic acids is 1. The van der Waals surface area contributed by atoms with Crippen molar-refractivity contribution in [2.45, 2.75) is 37.9 Å². The molecule has 2 saturated carbocycles. The third-order valence-corrected chi connectivity index (χ3v) is 9.03. The van der Waals surface area contributed by atoms with Crippen molar-refractivity contribution in [3.8, 4) is 11.3 Å². The molecular weight excluding hydrogens is 525 g/mol. The molecule has 4 aliphatic rings. The molecule has 4 heterocycles. The van der Waals surface area contributed by atoms with Gasteiger partial charge in [-0.2, -0.15) is 0 Å². The number of piperidine rings is 2. The fourth-order valence-electron chi connectivity index (χ4n) is 6.29. The highest BCUT2D eigenvalue weighted by atomic mass is 35.5. The Labute approximate surface area is 229 Å². The van der Waals surface area contributed by atoms with Crippen molar-refractivity contribution < 1.29 is 19.2 Å². The van der Waals surface area contributed by atoms with Crippen LogP contribution in [0.15, 0.2) is 47.1 Å². The number of fused-ring (bicyclic) bond motifs is 3. The van der Waals surface area contributed by atoms with Gasteiger partial charge >= 0.3 is 5.97 Å². The van der Waals surface area contributed by atoms with Crippen LogP contribution in [-0.2, 0) is 18.4 Å². The van der Waals surface area contributed by atoms with Gasteiger partial charge in [-0.15, -0.1) is 0 Å². The van der Waals surface area contributed by atoms with E-state index in [0.717, 1.165) is 60.3 Å². The van der Waals surface area contributed by atoms with Gasteiger partial charge in [-0.25, -0.2) is 4.79 Å². The van der Waals surface area contributed by atoms with Crippen molar-refractivity contribution in [1.82, 2.24) is 9.72 Å². The molecule has 2 aliphatic heterocycles. The van der Waals surface area contributed by atoms with Gasteiger partial charge in [0.05, 0.1) is 33.8 Å².